The normalized spacial score (nSPS) is 18.9. The highest BCUT2D eigenvalue weighted by Gasteiger charge is 2.54. The van der Waals surface area contributed by atoms with Crippen molar-refractivity contribution >= 4 is 11.8 Å². The Kier molecular flexibility index (Phi) is 9.43. The van der Waals surface area contributed by atoms with Gasteiger partial charge in [0, 0.05) is 40.9 Å². The van der Waals surface area contributed by atoms with Crippen molar-refractivity contribution in [3.05, 3.63) is 121 Å². The fraction of sp³-hybridized carbons (Fsp3) is 0.355. The van der Waals surface area contributed by atoms with Crippen molar-refractivity contribution in [2.45, 2.75) is 56.5 Å². The van der Waals surface area contributed by atoms with Gasteiger partial charge >= 0.3 is 0 Å². The maximum atomic E-state index is 14.3. The monoisotopic (exact) mass is 580 g/mol. The minimum atomic E-state index is -1.42. The first-order valence-corrected chi connectivity index (χ1v) is 14.2. The number of hydrogen-bond donors (Lipinski definition) is 2. The Bertz CT molecular complexity index is 1580. The zero-order chi connectivity index (χ0) is 30.1. The molecule has 3 aromatic rings. The number of rotatable bonds is 14. The average molecular weight is 581 g/mol. The van der Waals surface area contributed by atoms with Gasteiger partial charge in [0.1, 0.15) is 5.75 Å². The third-order valence-corrected chi connectivity index (χ3v) is 7.47. The van der Waals surface area contributed by atoms with Crippen LogP contribution in [0.4, 0.5) is 0 Å². The van der Waals surface area contributed by atoms with Crippen molar-refractivity contribution < 1.29 is 19.4 Å². The maximum absolute atomic E-state index is 14.3. The number of aliphatic imine (C=N–C) groups is 1. The van der Waals surface area contributed by atoms with E-state index >= 15 is 0 Å². The molecule has 0 radical (unpaired) electrons. The molecule has 0 spiro atoms. The van der Waals surface area contributed by atoms with E-state index in [1.54, 1.807) is 12.1 Å². The lowest BCUT2D eigenvalue weighted by Crippen LogP contribution is -2.50. The highest BCUT2D eigenvalue weighted by Crippen LogP contribution is 2.44. The molecule has 0 saturated heterocycles. The molecule has 220 valence electrons. The van der Waals surface area contributed by atoms with Crippen LogP contribution in [-0.4, -0.2) is 41.7 Å². The van der Waals surface area contributed by atoms with E-state index in [9.17, 15) is 4.79 Å². The molecule has 43 heavy (non-hydrogen) atoms. The fourth-order valence-electron chi connectivity index (χ4n) is 5.12. The van der Waals surface area contributed by atoms with Gasteiger partial charge in [-0.1, -0.05) is 58.8 Å². The van der Waals surface area contributed by atoms with Crippen LogP contribution in [-0.2, 0) is 29.0 Å². The topological polar surface area (TPSA) is 178 Å². The number of amides is 1. The Balaban J connectivity index is 1.62. The number of benzene rings is 3. The van der Waals surface area contributed by atoms with Crippen molar-refractivity contribution in [1.82, 2.24) is 5.32 Å². The molecule has 1 aliphatic carbocycles. The molecule has 3 aromatic carbocycles. The minimum Gasteiger partial charge on any atom is -0.494 e. The SMILES string of the molecule is [N-]=[N+]=NCc1ccccc1C[C@@]1(C(=O)NC2CC2)N=C(c2ccc(OCCCO)cc2)O[C@@H]1c1ccccc1CN=[N+]=[N-]. The number of aliphatic hydroxyl groups excluding tert-OH is 1. The molecular formula is C31H32N8O4. The molecule has 1 fully saturated rings. The van der Waals surface area contributed by atoms with Crippen LogP contribution in [0.15, 0.2) is 88.0 Å². The standard InChI is InChI=1S/C31H32N8O4/c32-38-34-19-23-7-2-1-6-22(23)18-31(30(41)36-25-12-13-25)28(27-9-4-3-8-24(27)20-35-39-33)43-29(37-31)21-10-14-26(15-11-21)42-17-5-16-40/h1-4,6-11,14-15,25,28,40H,5,12-13,16-20H2,(H,36,41)/t28-,31-/m1/s1. The first kappa shape index (κ1) is 29.5. The van der Waals surface area contributed by atoms with Gasteiger partial charge in [0.15, 0.2) is 11.6 Å². The third-order valence-electron chi connectivity index (χ3n) is 7.47. The molecule has 1 saturated carbocycles. The quantitative estimate of drug-likeness (QED) is 0.105. The first-order valence-electron chi connectivity index (χ1n) is 14.2. The van der Waals surface area contributed by atoms with Gasteiger partial charge < -0.3 is 19.9 Å². The number of azide groups is 2. The summed E-state index contributed by atoms with van der Waals surface area (Å²) in [4.78, 5) is 25.3. The molecular weight excluding hydrogens is 548 g/mol. The zero-order valence-corrected chi connectivity index (χ0v) is 23.5. The summed E-state index contributed by atoms with van der Waals surface area (Å²) in [6, 6.07) is 22.2. The summed E-state index contributed by atoms with van der Waals surface area (Å²) < 4.78 is 12.3. The second-order valence-corrected chi connectivity index (χ2v) is 10.5. The molecule has 12 heteroatoms. The number of ether oxygens (including phenoxy) is 2. The molecule has 0 unspecified atom stereocenters. The van der Waals surface area contributed by atoms with E-state index in [4.69, 9.17) is 30.6 Å². The Morgan fingerprint density at radius 2 is 1.63 bits per heavy atom. The van der Waals surface area contributed by atoms with Gasteiger partial charge in [0.2, 0.25) is 5.90 Å². The van der Waals surface area contributed by atoms with Crippen molar-refractivity contribution in [3.63, 3.8) is 0 Å². The van der Waals surface area contributed by atoms with Crippen LogP contribution in [0.3, 0.4) is 0 Å². The number of carbonyl (C=O) groups excluding carboxylic acids is 1. The molecule has 1 amide bonds. The number of aliphatic hydroxyl groups is 1. The minimum absolute atomic E-state index is 0.0439. The molecule has 2 N–H and O–H groups in total. The summed E-state index contributed by atoms with van der Waals surface area (Å²) in [5.41, 5.74) is 20.3. The van der Waals surface area contributed by atoms with E-state index in [2.05, 4.69) is 25.4 Å². The highest BCUT2D eigenvalue weighted by molar-refractivity contribution is 6.01. The lowest BCUT2D eigenvalue weighted by atomic mass is 9.79. The molecule has 1 heterocycles. The van der Waals surface area contributed by atoms with E-state index in [-0.39, 0.29) is 38.1 Å². The molecule has 2 aliphatic rings. The lowest BCUT2D eigenvalue weighted by Gasteiger charge is -2.32. The predicted molar refractivity (Wildman–Crippen MR) is 160 cm³/mol. The maximum Gasteiger partial charge on any atom is 0.252 e. The van der Waals surface area contributed by atoms with E-state index in [1.807, 2.05) is 60.7 Å². The Hall–Kier alpha value is -5.02. The van der Waals surface area contributed by atoms with Crippen LogP contribution in [0.1, 0.15) is 53.2 Å². The van der Waals surface area contributed by atoms with Crippen LogP contribution in [0.2, 0.25) is 0 Å². The van der Waals surface area contributed by atoms with Crippen molar-refractivity contribution in [2.24, 2.45) is 15.2 Å². The molecule has 5 rings (SSSR count). The number of nitrogens with zero attached hydrogens (tertiary/aromatic N) is 7. The van der Waals surface area contributed by atoms with E-state index in [1.165, 1.54) is 0 Å². The van der Waals surface area contributed by atoms with Gasteiger partial charge in [0.25, 0.3) is 5.91 Å². The smallest absolute Gasteiger partial charge is 0.252 e. The van der Waals surface area contributed by atoms with Gasteiger partial charge in [-0.05, 0) is 70.4 Å². The second kappa shape index (κ2) is 13.8. The summed E-state index contributed by atoms with van der Waals surface area (Å²) in [5, 5.41) is 19.8. The van der Waals surface area contributed by atoms with Crippen molar-refractivity contribution in [1.29, 1.82) is 0 Å². The number of hydrogen-bond acceptors (Lipinski definition) is 7. The lowest BCUT2D eigenvalue weighted by molar-refractivity contribution is -0.129. The summed E-state index contributed by atoms with van der Waals surface area (Å²) in [6.45, 7) is 0.634. The second-order valence-electron chi connectivity index (χ2n) is 10.5. The number of carbonyl (C=O) groups is 1. The zero-order valence-electron chi connectivity index (χ0n) is 23.5. The van der Waals surface area contributed by atoms with Gasteiger partial charge in [-0.15, -0.1) is 0 Å². The average Bonchev–Trinajstić information content (AvgIpc) is 3.77. The van der Waals surface area contributed by atoms with Crippen LogP contribution >= 0.6 is 0 Å². The summed E-state index contributed by atoms with van der Waals surface area (Å²) in [7, 11) is 0. The van der Waals surface area contributed by atoms with Crippen LogP contribution < -0.4 is 10.1 Å². The Morgan fingerprint density at radius 3 is 2.30 bits per heavy atom. The Labute approximate surface area is 248 Å². The van der Waals surface area contributed by atoms with E-state index in [0.717, 1.165) is 29.5 Å². The van der Waals surface area contributed by atoms with Crippen LogP contribution in [0.5, 0.6) is 5.75 Å². The van der Waals surface area contributed by atoms with Crippen molar-refractivity contribution in [3.8, 4) is 5.75 Å². The van der Waals surface area contributed by atoms with Crippen LogP contribution in [0, 0.1) is 0 Å². The van der Waals surface area contributed by atoms with Gasteiger partial charge in [-0.2, -0.15) is 0 Å². The van der Waals surface area contributed by atoms with Crippen molar-refractivity contribution in [2.75, 3.05) is 13.2 Å². The molecule has 0 bridgehead atoms. The summed E-state index contributed by atoms with van der Waals surface area (Å²) in [5.74, 6) is 0.664. The predicted octanol–water partition coefficient (Wildman–Crippen LogP) is 5.85. The number of nitrogens with one attached hydrogen (secondary N) is 1. The highest BCUT2D eigenvalue weighted by atomic mass is 16.5. The van der Waals surface area contributed by atoms with Crippen LogP contribution in [0.25, 0.3) is 20.9 Å². The summed E-state index contributed by atoms with van der Waals surface area (Å²) in [6.07, 6.45) is 1.63. The van der Waals surface area contributed by atoms with Gasteiger partial charge in [0.05, 0.1) is 19.7 Å². The van der Waals surface area contributed by atoms with Gasteiger partial charge in [-0.25, -0.2) is 4.99 Å². The molecule has 0 aromatic heterocycles. The Morgan fingerprint density at radius 1 is 0.977 bits per heavy atom. The largest absolute Gasteiger partial charge is 0.494 e. The summed E-state index contributed by atoms with van der Waals surface area (Å²) >= 11 is 0. The van der Waals surface area contributed by atoms with Gasteiger partial charge in [-0.3, -0.25) is 4.79 Å². The first-order chi connectivity index (χ1) is 21.1. The fourth-order valence-corrected chi connectivity index (χ4v) is 5.12. The molecule has 2 atom stereocenters. The van der Waals surface area contributed by atoms with E-state index < -0.39 is 11.6 Å². The van der Waals surface area contributed by atoms with E-state index in [0.29, 0.717) is 35.8 Å². The third kappa shape index (κ3) is 6.90. The molecule has 1 aliphatic heterocycles. The molecule has 12 nitrogen and oxygen atoms in total.